The Morgan fingerprint density at radius 3 is 2.56 bits per heavy atom. The molecule has 1 saturated heterocycles. The number of halogens is 1. The Morgan fingerprint density at radius 2 is 1.93 bits per heavy atom. The van der Waals surface area contributed by atoms with Crippen LogP contribution in [0.1, 0.15) is 53.3 Å². The summed E-state index contributed by atoms with van der Waals surface area (Å²) in [5.41, 5.74) is 5.56. The molecule has 0 radical (unpaired) electrons. The number of hydrogen-bond acceptors (Lipinski definition) is 6. The third-order valence-electron chi connectivity index (χ3n) is 5.33. The van der Waals surface area contributed by atoms with Gasteiger partial charge in [-0.15, -0.1) is 0 Å². The molecule has 1 saturated carbocycles. The first-order valence-corrected chi connectivity index (χ1v) is 8.77. The van der Waals surface area contributed by atoms with E-state index in [-0.39, 0.29) is 41.2 Å². The maximum atomic E-state index is 14.5. The number of hydrogen-bond donors (Lipinski definition) is 3. The highest BCUT2D eigenvalue weighted by Crippen LogP contribution is 2.37. The Kier molecular flexibility index (Phi) is 3.81. The van der Waals surface area contributed by atoms with E-state index in [9.17, 15) is 23.6 Å². The molecule has 1 aromatic rings. The zero-order chi connectivity index (χ0) is 19.5. The second-order valence-corrected chi connectivity index (χ2v) is 7.70. The Hall–Kier alpha value is -2.81. The lowest BCUT2D eigenvalue weighted by Gasteiger charge is -2.43. The van der Waals surface area contributed by atoms with Gasteiger partial charge in [-0.2, -0.15) is 0 Å². The van der Waals surface area contributed by atoms with Crippen LogP contribution < -0.4 is 16.4 Å². The fraction of sp³-hybridized carbons (Fsp3) is 0.444. The quantitative estimate of drug-likeness (QED) is 0.663. The minimum Gasteiger partial charge on any atom is -0.379 e. The van der Waals surface area contributed by atoms with Gasteiger partial charge >= 0.3 is 0 Å². The van der Waals surface area contributed by atoms with E-state index in [4.69, 9.17) is 5.73 Å². The summed E-state index contributed by atoms with van der Waals surface area (Å²) in [6.45, 7) is 1.89. The summed E-state index contributed by atoms with van der Waals surface area (Å²) >= 11 is 0. The molecule has 1 aliphatic carbocycles. The predicted molar refractivity (Wildman–Crippen MR) is 92.3 cm³/mol. The Balaban J connectivity index is 1.66. The van der Waals surface area contributed by atoms with Gasteiger partial charge in [0.05, 0.1) is 16.8 Å². The molecule has 4 rings (SSSR count). The molecular formula is C18H19FN4O4. The maximum absolute atomic E-state index is 14.5. The molecule has 0 aromatic heterocycles. The molecule has 142 valence electrons. The number of imide groups is 2. The van der Waals surface area contributed by atoms with Crippen LogP contribution in [0.4, 0.5) is 10.1 Å². The molecule has 2 fully saturated rings. The van der Waals surface area contributed by atoms with Crippen molar-refractivity contribution < 1.29 is 23.6 Å². The molecule has 8 nitrogen and oxygen atoms in total. The molecule has 4 N–H and O–H groups in total. The van der Waals surface area contributed by atoms with Crippen LogP contribution in [0.5, 0.6) is 0 Å². The van der Waals surface area contributed by atoms with Crippen molar-refractivity contribution >= 4 is 29.3 Å². The lowest BCUT2D eigenvalue weighted by Crippen LogP contribution is -2.55. The second kappa shape index (κ2) is 5.85. The van der Waals surface area contributed by atoms with Gasteiger partial charge in [-0.1, -0.05) is 0 Å². The van der Waals surface area contributed by atoms with Crippen molar-refractivity contribution in [2.24, 2.45) is 5.73 Å². The number of anilines is 1. The standard InChI is InChI=1S/C18H19FN4O4/c1-18(20)6-8(7-18)21-14-10(19)3-2-9-13(14)17(27)23(16(9)26)11-4-5-12(24)22-15(11)25/h2-3,8,11,21H,4-7,20H2,1H3,(H,22,24,25). The van der Waals surface area contributed by atoms with Crippen molar-refractivity contribution in [3.63, 3.8) is 0 Å². The van der Waals surface area contributed by atoms with Crippen molar-refractivity contribution in [1.82, 2.24) is 10.2 Å². The number of rotatable bonds is 3. The maximum Gasteiger partial charge on any atom is 0.264 e. The van der Waals surface area contributed by atoms with Crippen molar-refractivity contribution in [3.05, 3.63) is 29.1 Å². The molecular weight excluding hydrogens is 355 g/mol. The number of carbonyl (C=O) groups excluding carboxylic acids is 4. The predicted octanol–water partition coefficient (Wildman–Crippen LogP) is 0.519. The van der Waals surface area contributed by atoms with Gasteiger partial charge in [0.2, 0.25) is 11.8 Å². The fourth-order valence-electron chi connectivity index (χ4n) is 4.04. The lowest BCUT2D eigenvalue weighted by atomic mass is 9.75. The van der Waals surface area contributed by atoms with Gasteiger partial charge in [-0.05, 0) is 38.3 Å². The van der Waals surface area contributed by atoms with E-state index in [0.29, 0.717) is 12.8 Å². The van der Waals surface area contributed by atoms with Crippen LogP contribution in [-0.4, -0.2) is 46.2 Å². The number of fused-ring (bicyclic) bond motifs is 1. The summed E-state index contributed by atoms with van der Waals surface area (Å²) in [5.74, 6) is -3.19. The van der Waals surface area contributed by atoms with Crippen LogP contribution in [0, 0.1) is 5.82 Å². The van der Waals surface area contributed by atoms with Gasteiger partial charge in [0, 0.05) is 18.0 Å². The molecule has 1 atom stereocenters. The Morgan fingerprint density at radius 1 is 1.22 bits per heavy atom. The summed E-state index contributed by atoms with van der Waals surface area (Å²) < 4.78 is 14.5. The molecule has 2 heterocycles. The highest BCUT2D eigenvalue weighted by atomic mass is 19.1. The van der Waals surface area contributed by atoms with Crippen LogP contribution in [0.15, 0.2) is 12.1 Å². The summed E-state index contributed by atoms with van der Waals surface area (Å²) in [4.78, 5) is 49.9. The smallest absolute Gasteiger partial charge is 0.264 e. The molecule has 3 aliphatic rings. The largest absolute Gasteiger partial charge is 0.379 e. The average Bonchev–Trinajstić information content (AvgIpc) is 2.80. The Bertz CT molecular complexity index is 890. The Labute approximate surface area is 154 Å². The zero-order valence-electron chi connectivity index (χ0n) is 14.7. The third kappa shape index (κ3) is 2.78. The van der Waals surface area contributed by atoms with Crippen LogP contribution in [0.3, 0.4) is 0 Å². The van der Waals surface area contributed by atoms with Gasteiger partial charge in [-0.3, -0.25) is 29.4 Å². The van der Waals surface area contributed by atoms with Gasteiger partial charge in [0.15, 0.2) is 0 Å². The van der Waals surface area contributed by atoms with Crippen LogP contribution in [0.25, 0.3) is 0 Å². The van der Waals surface area contributed by atoms with Gasteiger partial charge < -0.3 is 11.1 Å². The van der Waals surface area contributed by atoms with Crippen molar-refractivity contribution in [3.8, 4) is 0 Å². The number of nitrogens with two attached hydrogens (primary N) is 1. The summed E-state index contributed by atoms with van der Waals surface area (Å²) in [7, 11) is 0. The summed E-state index contributed by atoms with van der Waals surface area (Å²) in [5, 5.41) is 5.12. The molecule has 2 aliphatic heterocycles. The first-order valence-electron chi connectivity index (χ1n) is 8.77. The number of nitrogens with one attached hydrogen (secondary N) is 2. The van der Waals surface area contributed by atoms with Crippen LogP contribution in [-0.2, 0) is 9.59 Å². The first kappa shape index (κ1) is 17.6. The molecule has 0 spiro atoms. The third-order valence-corrected chi connectivity index (χ3v) is 5.33. The van der Waals surface area contributed by atoms with Crippen LogP contribution in [0.2, 0.25) is 0 Å². The van der Waals surface area contributed by atoms with Crippen molar-refractivity contribution in [2.45, 2.75) is 50.2 Å². The first-order chi connectivity index (χ1) is 12.7. The molecule has 1 unspecified atom stereocenters. The van der Waals surface area contributed by atoms with Crippen molar-refractivity contribution in [2.75, 3.05) is 5.32 Å². The molecule has 27 heavy (non-hydrogen) atoms. The normalized spacial score (nSPS) is 30.1. The number of amides is 4. The second-order valence-electron chi connectivity index (χ2n) is 7.70. The highest BCUT2D eigenvalue weighted by Gasteiger charge is 2.47. The highest BCUT2D eigenvalue weighted by molar-refractivity contribution is 6.25. The summed E-state index contributed by atoms with van der Waals surface area (Å²) in [6.07, 6.45) is 1.29. The molecule has 9 heteroatoms. The van der Waals surface area contributed by atoms with E-state index in [1.807, 2.05) is 6.92 Å². The number of nitrogens with zero attached hydrogens (tertiary/aromatic N) is 1. The van der Waals surface area contributed by atoms with Gasteiger partial charge in [0.1, 0.15) is 11.9 Å². The average molecular weight is 374 g/mol. The van der Waals surface area contributed by atoms with E-state index in [2.05, 4.69) is 10.6 Å². The van der Waals surface area contributed by atoms with E-state index in [0.717, 1.165) is 11.0 Å². The fourth-order valence-corrected chi connectivity index (χ4v) is 4.04. The number of piperidine rings is 1. The van der Waals surface area contributed by atoms with Crippen molar-refractivity contribution in [1.29, 1.82) is 0 Å². The molecule has 0 bridgehead atoms. The van der Waals surface area contributed by atoms with E-state index in [1.165, 1.54) is 6.07 Å². The number of benzene rings is 1. The topological polar surface area (TPSA) is 122 Å². The zero-order valence-corrected chi connectivity index (χ0v) is 14.7. The van der Waals surface area contributed by atoms with E-state index < -0.39 is 35.5 Å². The summed E-state index contributed by atoms with van der Waals surface area (Å²) in [6, 6.07) is 1.19. The van der Waals surface area contributed by atoms with Gasteiger partial charge in [0.25, 0.3) is 11.8 Å². The van der Waals surface area contributed by atoms with E-state index in [1.54, 1.807) is 0 Å². The van der Waals surface area contributed by atoms with Gasteiger partial charge in [-0.25, -0.2) is 4.39 Å². The number of carbonyl (C=O) groups is 4. The van der Waals surface area contributed by atoms with E-state index >= 15 is 0 Å². The minimum atomic E-state index is -1.08. The monoisotopic (exact) mass is 374 g/mol. The molecule has 1 aromatic carbocycles. The SMILES string of the molecule is CC1(N)CC(Nc2c(F)ccc3c2C(=O)N(C2CCC(=O)NC2=O)C3=O)C1. The van der Waals surface area contributed by atoms with Crippen LogP contribution >= 0.6 is 0 Å². The lowest BCUT2D eigenvalue weighted by molar-refractivity contribution is -0.136. The minimum absolute atomic E-state index is 0.0282. The molecule has 4 amide bonds.